The minimum absolute atomic E-state index is 0.00346. The number of likely N-dealkylation sites (N-methyl/N-ethyl adjacent to an activating group) is 2. The van der Waals surface area contributed by atoms with E-state index in [1.54, 1.807) is 6.07 Å². The molecule has 0 radical (unpaired) electrons. The van der Waals surface area contributed by atoms with Gasteiger partial charge in [0.05, 0.1) is 33.7 Å². The number of fused-ring (bicyclic) bond motifs is 3. The standard InChI is InChI=1S/C29H33ClN6O/c1-34-14-13-21(17-34)35(2)29(37)26-12-9-22-25(32-26)11-10-23-27(22)33-36(28(23)18-5-3-4-6-18)20-8-7-19(16-31)24(30)15-20/h7-9,12,15,18,21,23,28H,3-6,10-11,13-14,17H2,1-2H3/t21-,23?,28?/m0/s1. The van der Waals surface area contributed by atoms with E-state index >= 15 is 0 Å². The van der Waals surface area contributed by atoms with Crippen molar-refractivity contribution in [2.75, 3.05) is 32.2 Å². The summed E-state index contributed by atoms with van der Waals surface area (Å²) in [4.78, 5) is 22.3. The average molecular weight is 517 g/mol. The first-order valence-electron chi connectivity index (χ1n) is 13.5. The highest BCUT2D eigenvalue weighted by atomic mass is 35.5. The first kappa shape index (κ1) is 24.4. The monoisotopic (exact) mass is 516 g/mol. The summed E-state index contributed by atoms with van der Waals surface area (Å²) < 4.78 is 0. The molecule has 7 nitrogen and oxygen atoms in total. The first-order chi connectivity index (χ1) is 17.9. The van der Waals surface area contributed by atoms with Crippen LogP contribution in [0.3, 0.4) is 0 Å². The van der Waals surface area contributed by atoms with Gasteiger partial charge in [-0.3, -0.25) is 9.80 Å². The maximum absolute atomic E-state index is 13.3. The van der Waals surface area contributed by atoms with Crippen LogP contribution >= 0.6 is 11.6 Å². The van der Waals surface area contributed by atoms with Crippen molar-refractivity contribution in [3.63, 3.8) is 0 Å². The van der Waals surface area contributed by atoms with Gasteiger partial charge in [0.25, 0.3) is 5.91 Å². The van der Waals surface area contributed by atoms with Gasteiger partial charge >= 0.3 is 0 Å². The van der Waals surface area contributed by atoms with Crippen molar-refractivity contribution in [1.29, 1.82) is 5.26 Å². The summed E-state index contributed by atoms with van der Waals surface area (Å²) in [5.41, 5.74) is 5.07. The first-order valence-corrected chi connectivity index (χ1v) is 13.9. The number of anilines is 1. The second-order valence-electron chi connectivity index (χ2n) is 11.1. The highest BCUT2D eigenvalue weighted by Gasteiger charge is 2.46. The molecule has 1 amide bonds. The number of pyridine rings is 1. The normalized spacial score (nSPS) is 25.5. The van der Waals surface area contributed by atoms with Crippen molar-refractivity contribution < 1.29 is 4.79 Å². The van der Waals surface area contributed by atoms with Crippen LogP contribution in [-0.2, 0) is 6.42 Å². The predicted molar refractivity (Wildman–Crippen MR) is 145 cm³/mol. The predicted octanol–water partition coefficient (Wildman–Crippen LogP) is 4.73. The number of halogens is 1. The second-order valence-corrected chi connectivity index (χ2v) is 11.5. The number of hydrogen-bond donors (Lipinski definition) is 0. The van der Waals surface area contributed by atoms with E-state index in [0.29, 0.717) is 28.1 Å². The molecular weight excluding hydrogens is 484 g/mol. The molecule has 1 aromatic carbocycles. The lowest BCUT2D eigenvalue weighted by atomic mass is 9.76. The molecule has 2 aromatic rings. The Balaban J connectivity index is 1.32. The molecule has 2 aliphatic carbocycles. The third-order valence-electron chi connectivity index (χ3n) is 8.88. The van der Waals surface area contributed by atoms with Crippen molar-refractivity contribution >= 4 is 28.9 Å². The molecule has 3 atom stereocenters. The number of hydrogen-bond acceptors (Lipinski definition) is 6. The fourth-order valence-electron chi connectivity index (χ4n) is 6.86. The number of nitriles is 1. The molecule has 1 aromatic heterocycles. The van der Waals surface area contributed by atoms with E-state index in [2.05, 4.69) is 29.1 Å². The van der Waals surface area contributed by atoms with Crippen molar-refractivity contribution in [3.05, 3.63) is 57.9 Å². The summed E-state index contributed by atoms with van der Waals surface area (Å²) in [5, 5.41) is 17.2. The zero-order chi connectivity index (χ0) is 25.7. The van der Waals surface area contributed by atoms with E-state index in [9.17, 15) is 10.1 Å². The number of nitrogens with zero attached hydrogens (tertiary/aromatic N) is 6. The summed E-state index contributed by atoms with van der Waals surface area (Å²) in [6, 6.07) is 12.2. The number of carbonyl (C=O) groups is 1. The molecule has 4 aliphatic rings. The van der Waals surface area contributed by atoms with E-state index in [0.717, 1.165) is 55.0 Å². The molecule has 0 spiro atoms. The van der Waals surface area contributed by atoms with Crippen molar-refractivity contribution in [2.24, 2.45) is 16.9 Å². The number of likely N-dealkylation sites (tertiary alicyclic amines) is 1. The van der Waals surface area contributed by atoms with Gasteiger partial charge in [0.1, 0.15) is 11.8 Å². The molecule has 1 saturated heterocycles. The van der Waals surface area contributed by atoms with Crippen LogP contribution in [0.2, 0.25) is 5.02 Å². The Bertz CT molecular complexity index is 1300. The van der Waals surface area contributed by atoms with Crippen molar-refractivity contribution in [3.8, 4) is 6.07 Å². The van der Waals surface area contributed by atoms with E-state index in [1.807, 2.05) is 30.1 Å². The number of amides is 1. The molecule has 2 fully saturated rings. The number of aromatic nitrogens is 1. The maximum Gasteiger partial charge on any atom is 0.272 e. The van der Waals surface area contributed by atoms with Crippen molar-refractivity contribution in [1.82, 2.24) is 14.8 Å². The fourth-order valence-corrected chi connectivity index (χ4v) is 7.07. The molecule has 0 N–H and O–H groups in total. The van der Waals surface area contributed by atoms with Crippen molar-refractivity contribution in [2.45, 2.75) is 57.0 Å². The third-order valence-corrected chi connectivity index (χ3v) is 9.19. The Labute approximate surface area is 223 Å². The molecule has 3 heterocycles. The van der Waals surface area contributed by atoms with Gasteiger partial charge in [0.2, 0.25) is 0 Å². The maximum atomic E-state index is 13.3. The van der Waals surface area contributed by atoms with Crippen LogP contribution in [0.1, 0.15) is 65.8 Å². The quantitative estimate of drug-likeness (QED) is 0.587. The Morgan fingerprint density at radius 2 is 1.97 bits per heavy atom. The van der Waals surface area contributed by atoms with Gasteiger partial charge in [-0.2, -0.15) is 10.4 Å². The molecule has 1 saturated carbocycles. The smallest absolute Gasteiger partial charge is 0.272 e. The molecular formula is C29H33ClN6O. The summed E-state index contributed by atoms with van der Waals surface area (Å²) in [6.45, 7) is 1.92. The summed E-state index contributed by atoms with van der Waals surface area (Å²) in [7, 11) is 4.00. The lowest BCUT2D eigenvalue weighted by molar-refractivity contribution is 0.0731. The number of carbonyl (C=O) groups excluding carboxylic acids is 1. The number of hydrazone groups is 1. The molecule has 8 heteroatoms. The van der Waals surface area contributed by atoms with Gasteiger partial charge in [0.15, 0.2) is 0 Å². The zero-order valence-corrected chi connectivity index (χ0v) is 22.3. The Morgan fingerprint density at radius 1 is 1.16 bits per heavy atom. The molecule has 2 unspecified atom stereocenters. The number of benzene rings is 1. The van der Waals surface area contributed by atoms with E-state index in [1.165, 1.54) is 25.7 Å². The van der Waals surface area contributed by atoms with E-state index in [-0.39, 0.29) is 18.0 Å². The highest BCUT2D eigenvalue weighted by molar-refractivity contribution is 6.32. The Morgan fingerprint density at radius 3 is 2.68 bits per heavy atom. The average Bonchev–Trinajstić information content (AvgIpc) is 3.67. The number of rotatable bonds is 4. The molecule has 192 valence electrons. The zero-order valence-electron chi connectivity index (χ0n) is 21.5. The van der Waals surface area contributed by atoms with Crippen LogP contribution < -0.4 is 5.01 Å². The largest absolute Gasteiger partial charge is 0.336 e. The third kappa shape index (κ3) is 4.30. The summed E-state index contributed by atoms with van der Waals surface area (Å²) >= 11 is 6.43. The molecule has 2 aliphatic heterocycles. The summed E-state index contributed by atoms with van der Waals surface area (Å²) in [5.74, 6) is 0.899. The van der Waals surface area contributed by atoms with Gasteiger partial charge in [0, 0.05) is 31.1 Å². The molecule has 0 bridgehead atoms. The molecule has 6 rings (SSSR count). The van der Waals surface area contributed by atoms with Gasteiger partial charge in [-0.1, -0.05) is 24.4 Å². The minimum atomic E-state index is -0.00346. The minimum Gasteiger partial charge on any atom is -0.336 e. The lowest BCUT2D eigenvalue weighted by Crippen LogP contribution is -2.41. The van der Waals surface area contributed by atoms with Crippen LogP contribution in [0, 0.1) is 23.2 Å². The van der Waals surface area contributed by atoms with Gasteiger partial charge in [-0.15, -0.1) is 0 Å². The van der Waals surface area contributed by atoms with E-state index < -0.39 is 0 Å². The van der Waals surface area contributed by atoms with Gasteiger partial charge in [-0.05, 0) is 81.9 Å². The lowest BCUT2D eigenvalue weighted by Gasteiger charge is -2.34. The topological polar surface area (TPSA) is 75.8 Å². The van der Waals surface area contributed by atoms with Gasteiger partial charge < -0.3 is 9.80 Å². The van der Waals surface area contributed by atoms with Crippen LogP contribution in [-0.4, -0.2) is 65.7 Å². The SMILES string of the molecule is CN1CC[C@H](N(C)C(=O)c2ccc3c(n2)CCC2C3=NN(c3ccc(C#N)c(Cl)c3)C2C2CCCC2)C1. The van der Waals surface area contributed by atoms with Crippen LogP contribution in [0.25, 0.3) is 0 Å². The Kier molecular flexibility index (Phi) is 6.42. The van der Waals surface area contributed by atoms with Crippen LogP contribution in [0.4, 0.5) is 5.69 Å². The fraction of sp³-hybridized carbons (Fsp3) is 0.517. The Hall–Kier alpha value is -2.95. The van der Waals surface area contributed by atoms with E-state index in [4.69, 9.17) is 21.7 Å². The van der Waals surface area contributed by atoms with Gasteiger partial charge in [-0.25, -0.2) is 4.98 Å². The number of aryl methyl sites for hydroxylation is 1. The highest BCUT2D eigenvalue weighted by Crippen LogP contribution is 2.45. The summed E-state index contributed by atoms with van der Waals surface area (Å²) in [6.07, 6.45) is 7.78. The van der Waals surface area contributed by atoms with Crippen LogP contribution in [0.5, 0.6) is 0 Å². The second kappa shape index (κ2) is 9.74. The van der Waals surface area contributed by atoms with Crippen LogP contribution in [0.15, 0.2) is 35.4 Å². The molecule has 37 heavy (non-hydrogen) atoms.